The van der Waals surface area contributed by atoms with Crippen molar-refractivity contribution in [2.24, 2.45) is 7.05 Å². The molecule has 0 aliphatic heterocycles. The van der Waals surface area contributed by atoms with Gasteiger partial charge in [-0.1, -0.05) is 12.1 Å². The van der Waals surface area contributed by atoms with Gasteiger partial charge in [-0.2, -0.15) is 0 Å². The van der Waals surface area contributed by atoms with Crippen molar-refractivity contribution in [3.05, 3.63) is 52.8 Å². The van der Waals surface area contributed by atoms with E-state index in [0.717, 1.165) is 15.7 Å². The van der Waals surface area contributed by atoms with Gasteiger partial charge in [0.15, 0.2) is 0 Å². The van der Waals surface area contributed by atoms with Crippen LogP contribution in [0.15, 0.2) is 47.2 Å². The highest BCUT2D eigenvalue weighted by Crippen LogP contribution is 2.21. The van der Waals surface area contributed by atoms with Gasteiger partial charge in [0.1, 0.15) is 0 Å². The van der Waals surface area contributed by atoms with Crippen LogP contribution in [0.3, 0.4) is 0 Å². The molecule has 0 spiro atoms. The van der Waals surface area contributed by atoms with Gasteiger partial charge in [-0.05, 0) is 39.7 Å². The van der Waals surface area contributed by atoms with Gasteiger partial charge in [-0.25, -0.2) is 0 Å². The lowest BCUT2D eigenvalue weighted by Crippen LogP contribution is -2.14. The number of anilines is 1. The van der Waals surface area contributed by atoms with Crippen LogP contribution in [-0.4, -0.2) is 10.5 Å². The Bertz CT molecular complexity index is 534. The number of nitrogens with one attached hydrogen (secondary N) is 1. The van der Waals surface area contributed by atoms with Crippen LogP contribution in [0.2, 0.25) is 0 Å². The normalized spacial score (nSPS) is 10.2. The summed E-state index contributed by atoms with van der Waals surface area (Å²) in [4.78, 5) is 11.8. The Labute approximate surface area is 109 Å². The fraction of sp³-hybridized carbons (Fsp3) is 0.154. The van der Waals surface area contributed by atoms with Crippen LogP contribution in [0.25, 0.3) is 0 Å². The van der Waals surface area contributed by atoms with Crippen molar-refractivity contribution in [1.82, 2.24) is 4.57 Å². The Kier molecular flexibility index (Phi) is 3.64. The molecule has 2 aromatic rings. The first-order valence-electron chi connectivity index (χ1n) is 5.30. The number of amides is 1. The number of aryl methyl sites for hydroxylation is 1. The van der Waals surface area contributed by atoms with Crippen molar-refractivity contribution in [3.63, 3.8) is 0 Å². The lowest BCUT2D eigenvalue weighted by molar-refractivity contribution is -0.115. The second-order valence-corrected chi connectivity index (χ2v) is 4.74. The fourth-order valence-electron chi connectivity index (χ4n) is 1.61. The average Bonchev–Trinajstić information content (AvgIpc) is 2.67. The molecular formula is C13H13BrN2O. The fourth-order valence-corrected chi connectivity index (χ4v) is 1.99. The van der Waals surface area contributed by atoms with E-state index in [1.54, 1.807) is 0 Å². The monoisotopic (exact) mass is 292 g/mol. The Hall–Kier alpha value is -1.55. The number of para-hydroxylation sites is 1. The van der Waals surface area contributed by atoms with Crippen LogP contribution in [0.4, 0.5) is 5.69 Å². The average molecular weight is 293 g/mol. The first kappa shape index (κ1) is 11.9. The number of carbonyl (C=O) groups is 1. The molecule has 1 N–H and O–H groups in total. The van der Waals surface area contributed by atoms with E-state index in [-0.39, 0.29) is 5.91 Å². The Morgan fingerprint density at radius 1 is 1.35 bits per heavy atom. The molecule has 0 fully saturated rings. The summed E-state index contributed by atoms with van der Waals surface area (Å²) in [6.45, 7) is 0. The van der Waals surface area contributed by atoms with E-state index in [9.17, 15) is 4.79 Å². The second-order valence-electron chi connectivity index (χ2n) is 3.89. The van der Waals surface area contributed by atoms with E-state index in [2.05, 4.69) is 21.2 Å². The number of benzene rings is 1. The van der Waals surface area contributed by atoms with E-state index in [0.29, 0.717) is 6.42 Å². The standard InChI is InChI=1S/C13H13BrN2O/c1-16-7-6-10(9-16)8-13(17)15-12-5-3-2-4-11(12)14/h2-7,9H,8H2,1H3,(H,15,17). The van der Waals surface area contributed by atoms with Crippen LogP contribution in [0.1, 0.15) is 5.56 Å². The van der Waals surface area contributed by atoms with Crippen molar-refractivity contribution in [2.75, 3.05) is 5.32 Å². The first-order chi connectivity index (χ1) is 8.15. The molecule has 1 aromatic heterocycles. The molecule has 0 unspecified atom stereocenters. The Morgan fingerprint density at radius 2 is 2.12 bits per heavy atom. The van der Waals surface area contributed by atoms with Gasteiger partial charge in [0, 0.05) is 23.9 Å². The predicted molar refractivity (Wildman–Crippen MR) is 71.9 cm³/mol. The number of carbonyl (C=O) groups excluding carboxylic acids is 1. The minimum atomic E-state index is -0.0110. The number of hydrogen-bond acceptors (Lipinski definition) is 1. The van der Waals surface area contributed by atoms with E-state index in [1.165, 1.54) is 0 Å². The minimum Gasteiger partial charge on any atom is -0.357 e. The lowest BCUT2D eigenvalue weighted by Gasteiger charge is -2.06. The summed E-state index contributed by atoms with van der Waals surface area (Å²) in [6.07, 6.45) is 4.27. The van der Waals surface area contributed by atoms with Gasteiger partial charge in [0.25, 0.3) is 0 Å². The summed E-state index contributed by atoms with van der Waals surface area (Å²) in [6, 6.07) is 9.52. The zero-order chi connectivity index (χ0) is 12.3. The van der Waals surface area contributed by atoms with Crippen molar-refractivity contribution in [3.8, 4) is 0 Å². The summed E-state index contributed by atoms with van der Waals surface area (Å²) in [5, 5.41) is 2.87. The first-order valence-corrected chi connectivity index (χ1v) is 6.09. The van der Waals surface area contributed by atoms with Gasteiger partial charge in [-0.3, -0.25) is 4.79 Å². The largest absolute Gasteiger partial charge is 0.357 e. The van der Waals surface area contributed by atoms with Gasteiger partial charge < -0.3 is 9.88 Å². The molecule has 0 aliphatic rings. The molecular weight excluding hydrogens is 280 g/mol. The maximum atomic E-state index is 11.8. The smallest absolute Gasteiger partial charge is 0.228 e. The Balaban J connectivity index is 2.01. The summed E-state index contributed by atoms with van der Waals surface area (Å²) in [7, 11) is 1.94. The molecule has 1 heterocycles. The van der Waals surface area contributed by atoms with E-state index >= 15 is 0 Å². The van der Waals surface area contributed by atoms with E-state index < -0.39 is 0 Å². The van der Waals surface area contributed by atoms with E-state index in [1.807, 2.05) is 54.3 Å². The molecule has 0 saturated carbocycles. The molecule has 1 aromatic carbocycles. The highest BCUT2D eigenvalue weighted by atomic mass is 79.9. The van der Waals surface area contributed by atoms with Crippen molar-refractivity contribution < 1.29 is 4.79 Å². The molecule has 0 radical (unpaired) electrons. The highest BCUT2D eigenvalue weighted by Gasteiger charge is 2.06. The number of rotatable bonds is 3. The number of nitrogens with zero attached hydrogens (tertiary/aromatic N) is 1. The molecule has 0 saturated heterocycles. The van der Waals surface area contributed by atoms with Gasteiger partial charge >= 0.3 is 0 Å². The lowest BCUT2D eigenvalue weighted by atomic mass is 10.2. The molecule has 4 heteroatoms. The SMILES string of the molecule is Cn1ccc(CC(=O)Nc2ccccc2Br)c1. The topological polar surface area (TPSA) is 34.0 Å². The second kappa shape index (κ2) is 5.19. The summed E-state index contributed by atoms with van der Waals surface area (Å²) < 4.78 is 2.82. The third kappa shape index (κ3) is 3.20. The molecule has 3 nitrogen and oxygen atoms in total. The molecule has 17 heavy (non-hydrogen) atoms. The molecule has 1 amide bonds. The molecule has 0 aliphatic carbocycles. The van der Waals surface area contributed by atoms with Gasteiger partial charge in [-0.15, -0.1) is 0 Å². The van der Waals surface area contributed by atoms with E-state index in [4.69, 9.17) is 0 Å². The molecule has 88 valence electrons. The van der Waals surface area contributed by atoms with Crippen molar-refractivity contribution in [1.29, 1.82) is 0 Å². The minimum absolute atomic E-state index is 0.0110. The third-order valence-electron chi connectivity index (χ3n) is 2.41. The van der Waals surface area contributed by atoms with Gasteiger partial charge in [0.05, 0.1) is 12.1 Å². The predicted octanol–water partition coefficient (Wildman–Crippen LogP) is 2.97. The summed E-state index contributed by atoms with van der Waals surface area (Å²) >= 11 is 3.40. The maximum absolute atomic E-state index is 11.8. The van der Waals surface area contributed by atoms with Crippen molar-refractivity contribution >= 4 is 27.5 Å². The zero-order valence-corrected chi connectivity index (χ0v) is 11.1. The summed E-state index contributed by atoms with van der Waals surface area (Å²) in [5.41, 5.74) is 1.81. The van der Waals surface area contributed by atoms with Crippen LogP contribution in [0.5, 0.6) is 0 Å². The number of halogens is 1. The maximum Gasteiger partial charge on any atom is 0.228 e. The van der Waals surface area contributed by atoms with Crippen LogP contribution >= 0.6 is 15.9 Å². The van der Waals surface area contributed by atoms with Crippen LogP contribution < -0.4 is 5.32 Å². The molecule has 0 bridgehead atoms. The molecule has 2 rings (SSSR count). The molecule has 0 atom stereocenters. The summed E-state index contributed by atoms with van der Waals surface area (Å²) in [5.74, 6) is -0.0110. The third-order valence-corrected chi connectivity index (χ3v) is 3.10. The zero-order valence-electron chi connectivity index (χ0n) is 9.48. The quantitative estimate of drug-likeness (QED) is 0.927. The van der Waals surface area contributed by atoms with Crippen LogP contribution in [-0.2, 0) is 18.3 Å². The number of hydrogen-bond donors (Lipinski definition) is 1. The number of aromatic nitrogens is 1. The van der Waals surface area contributed by atoms with Gasteiger partial charge in [0.2, 0.25) is 5.91 Å². The highest BCUT2D eigenvalue weighted by molar-refractivity contribution is 9.10. The Morgan fingerprint density at radius 3 is 2.76 bits per heavy atom. The van der Waals surface area contributed by atoms with Crippen LogP contribution in [0, 0.1) is 0 Å². The van der Waals surface area contributed by atoms with Crippen molar-refractivity contribution in [2.45, 2.75) is 6.42 Å².